The molecule has 21 heavy (non-hydrogen) atoms. The number of H-pyrrole nitrogens is 1. The second-order valence-corrected chi connectivity index (χ2v) is 6.50. The topological polar surface area (TPSA) is 40.7 Å². The standard InChI is InChI=1S/C18H25N3/c1-13(2)11-14-3-5-15(6-4-14)17-12-20-18(21-17)16-7-9-19-10-8-16/h3-6,12-13,16,19H,7-11H2,1-2H3,(H,20,21). The second-order valence-electron chi connectivity index (χ2n) is 6.50. The monoisotopic (exact) mass is 283 g/mol. The van der Waals surface area contributed by atoms with Crippen LogP contribution in [-0.4, -0.2) is 23.1 Å². The summed E-state index contributed by atoms with van der Waals surface area (Å²) in [6, 6.07) is 8.88. The first-order chi connectivity index (χ1) is 10.2. The summed E-state index contributed by atoms with van der Waals surface area (Å²) < 4.78 is 0. The quantitative estimate of drug-likeness (QED) is 0.897. The van der Waals surface area contributed by atoms with Crippen molar-refractivity contribution in [3.8, 4) is 11.3 Å². The van der Waals surface area contributed by atoms with E-state index in [0.29, 0.717) is 11.8 Å². The maximum absolute atomic E-state index is 4.60. The molecule has 1 aromatic heterocycles. The summed E-state index contributed by atoms with van der Waals surface area (Å²) in [6.45, 7) is 6.72. The molecule has 1 fully saturated rings. The van der Waals surface area contributed by atoms with Crippen LogP contribution in [0.5, 0.6) is 0 Å². The Morgan fingerprint density at radius 3 is 2.52 bits per heavy atom. The maximum atomic E-state index is 4.60. The molecule has 0 radical (unpaired) electrons. The van der Waals surface area contributed by atoms with Gasteiger partial charge in [0.05, 0.1) is 11.9 Å². The molecule has 0 saturated carbocycles. The van der Waals surface area contributed by atoms with Gasteiger partial charge in [-0.05, 0) is 49.4 Å². The minimum Gasteiger partial charge on any atom is -0.342 e. The van der Waals surface area contributed by atoms with Crippen molar-refractivity contribution in [1.82, 2.24) is 15.3 Å². The Balaban J connectivity index is 1.73. The van der Waals surface area contributed by atoms with Crippen molar-refractivity contribution < 1.29 is 0 Å². The molecule has 3 rings (SSSR count). The van der Waals surface area contributed by atoms with Crippen molar-refractivity contribution in [1.29, 1.82) is 0 Å². The molecular weight excluding hydrogens is 258 g/mol. The Kier molecular flexibility index (Phi) is 4.39. The highest BCUT2D eigenvalue weighted by Crippen LogP contribution is 2.26. The van der Waals surface area contributed by atoms with Crippen molar-refractivity contribution in [2.75, 3.05) is 13.1 Å². The number of aromatic amines is 1. The molecule has 1 aliphatic heterocycles. The molecule has 0 atom stereocenters. The zero-order valence-electron chi connectivity index (χ0n) is 13.0. The van der Waals surface area contributed by atoms with E-state index < -0.39 is 0 Å². The van der Waals surface area contributed by atoms with E-state index in [0.717, 1.165) is 31.0 Å². The Hall–Kier alpha value is -1.61. The fraction of sp³-hybridized carbons (Fsp3) is 0.500. The van der Waals surface area contributed by atoms with E-state index in [1.165, 1.54) is 24.0 Å². The van der Waals surface area contributed by atoms with Gasteiger partial charge in [-0.25, -0.2) is 4.98 Å². The van der Waals surface area contributed by atoms with Crippen molar-refractivity contribution in [2.45, 2.75) is 39.0 Å². The minimum absolute atomic E-state index is 0.584. The lowest BCUT2D eigenvalue weighted by atomic mass is 9.97. The fourth-order valence-electron chi connectivity index (χ4n) is 3.08. The van der Waals surface area contributed by atoms with E-state index in [1.54, 1.807) is 0 Å². The molecular formula is C18H25N3. The zero-order chi connectivity index (χ0) is 14.7. The van der Waals surface area contributed by atoms with E-state index in [2.05, 4.69) is 53.4 Å². The summed E-state index contributed by atoms with van der Waals surface area (Å²) in [7, 11) is 0. The molecule has 3 nitrogen and oxygen atoms in total. The van der Waals surface area contributed by atoms with Crippen molar-refractivity contribution >= 4 is 0 Å². The molecule has 0 unspecified atom stereocenters. The molecule has 0 spiro atoms. The van der Waals surface area contributed by atoms with Gasteiger partial charge in [0.25, 0.3) is 0 Å². The summed E-state index contributed by atoms with van der Waals surface area (Å²) in [5.74, 6) is 2.44. The number of aromatic nitrogens is 2. The third-order valence-electron chi connectivity index (χ3n) is 4.23. The van der Waals surface area contributed by atoms with Crippen LogP contribution in [0.1, 0.15) is 44.0 Å². The van der Waals surface area contributed by atoms with Crippen LogP contribution in [0, 0.1) is 5.92 Å². The van der Waals surface area contributed by atoms with Crippen LogP contribution in [0.2, 0.25) is 0 Å². The van der Waals surface area contributed by atoms with Crippen LogP contribution < -0.4 is 5.32 Å². The van der Waals surface area contributed by atoms with Gasteiger partial charge in [0.2, 0.25) is 0 Å². The predicted octanol–water partition coefficient (Wildman–Crippen LogP) is 3.74. The molecule has 1 aliphatic rings. The van der Waals surface area contributed by atoms with Gasteiger partial charge in [-0.1, -0.05) is 38.1 Å². The third-order valence-corrected chi connectivity index (χ3v) is 4.23. The second kappa shape index (κ2) is 6.44. The van der Waals surface area contributed by atoms with E-state index >= 15 is 0 Å². The first-order valence-electron chi connectivity index (χ1n) is 8.07. The average Bonchev–Trinajstić information content (AvgIpc) is 2.98. The maximum Gasteiger partial charge on any atom is 0.109 e. The summed E-state index contributed by atoms with van der Waals surface area (Å²) in [5, 5.41) is 3.40. The number of nitrogens with zero attached hydrogens (tertiary/aromatic N) is 1. The van der Waals surface area contributed by atoms with E-state index in [4.69, 9.17) is 0 Å². The number of nitrogens with one attached hydrogen (secondary N) is 2. The molecule has 1 aromatic carbocycles. The lowest BCUT2D eigenvalue weighted by molar-refractivity contribution is 0.447. The molecule has 0 aliphatic carbocycles. The molecule has 0 bridgehead atoms. The lowest BCUT2D eigenvalue weighted by Crippen LogP contribution is -2.27. The average molecular weight is 283 g/mol. The Bertz CT molecular complexity index is 562. The van der Waals surface area contributed by atoms with Crippen molar-refractivity contribution in [2.24, 2.45) is 5.92 Å². The number of imidazole rings is 1. The third kappa shape index (κ3) is 3.53. The van der Waals surface area contributed by atoms with Crippen LogP contribution in [0.15, 0.2) is 30.5 Å². The summed E-state index contributed by atoms with van der Waals surface area (Å²) in [4.78, 5) is 8.12. The Morgan fingerprint density at radius 2 is 1.86 bits per heavy atom. The number of piperidine rings is 1. The molecule has 0 amide bonds. The van der Waals surface area contributed by atoms with Crippen LogP contribution >= 0.6 is 0 Å². The number of rotatable bonds is 4. The van der Waals surface area contributed by atoms with Crippen molar-refractivity contribution in [3.63, 3.8) is 0 Å². The van der Waals surface area contributed by atoms with Crippen LogP contribution in [0.25, 0.3) is 11.3 Å². The van der Waals surface area contributed by atoms with Gasteiger partial charge in [0, 0.05) is 5.92 Å². The molecule has 2 N–H and O–H groups in total. The highest BCUT2D eigenvalue weighted by Gasteiger charge is 2.18. The molecule has 112 valence electrons. The van der Waals surface area contributed by atoms with Gasteiger partial charge in [-0.3, -0.25) is 0 Å². The van der Waals surface area contributed by atoms with Gasteiger partial charge in [-0.15, -0.1) is 0 Å². The normalized spacial score (nSPS) is 16.5. The van der Waals surface area contributed by atoms with Crippen molar-refractivity contribution in [3.05, 3.63) is 41.9 Å². The smallest absolute Gasteiger partial charge is 0.109 e. The molecule has 2 aromatic rings. The molecule has 3 heteroatoms. The number of hydrogen-bond donors (Lipinski definition) is 2. The van der Waals surface area contributed by atoms with Crippen LogP contribution in [-0.2, 0) is 6.42 Å². The molecule has 1 saturated heterocycles. The minimum atomic E-state index is 0.584. The molecule has 2 heterocycles. The summed E-state index contributed by atoms with van der Waals surface area (Å²) in [5.41, 5.74) is 3.78. The first-order valence-corrected chi connectivity index (χ1v) is 8.07. The number of hydrogen-bond acceptors (Lipinski definition) is 2. The van der Waals surface area contributed by atoms with E-state index in [-0.39, 0.29) is 0 Å². The van der Waals surface area contributed by atoms with Gasteiger partial charge < -0.3 is 10.3 Å². The predicted molar refractivity (Wildman–Crippen MR) is 87.4 cm³/mol. The van der Waals surface area contributed by atoms with E-state index in [9.17, 15) is 0 Å². The summed E-state index contributed by atoms with van der Waals surface area (Å²) >= 11 is 0. The van der Waals surface area contributed by atoms with Gasteiger partial charge in [0.15, 0.2) is 0 Å². The largest absolute Gasteiger partial charge is 0.342 e. The SMILES string of the molecule is CC(C)Cc1ccc(-c2cnc(C3CCNCC3)[nH]2)cc1. The Morgan fingerprint density at radius 1 is 1.14 bits per heavy atom. The van der Waals surface area contributed by atoms with Gasteiger partial charge in [0.1, 0.15) is 5.82 Å². The zero-order valence-corrected chi connectivity index (χ0v) is 13.0. The highest BCUT2D eigenvalue weighted by atomic mass is 14.9. The highest BCUT2D eigenvalue weighted by molar-refractivity contribution is 5.58. The fourth-order valence-corrected chi connectivity index (χ4v) is 3.08. The lowest BCUT2D eigenvalue weighted by Gasteiger charge is -2.20. The van der Waals surface area contributed by atoms with E-state index in [1.807, 2.05) is 6.20 Å². The Labute approximate surface area is 127 Å². The van der Waals surface area contributed by atoms with Crippen LogP contribution in [0.4, 0.5) is 0 Å². The summed E-state index contributed by atoms with van der Waals surface area (Å²) in [6.07, 6.45) is 5.49. The van der Waals surface area contributed by atoms with Gasteiger partial charge in [-0.2, -0.15) is 0 Å². The van der Waals surface area contributed by atoms with Gasteiger partial charge >= 0.3 is 0 Å². The van der Waals surface area contributed by atoms with Crippen LogP contribution in [0.3, 0.4) is 0 Å². The first kappa shape index (κ1) is 14.3. The number of benzene rings is 1.